The zero-order valence-electron chi connectivity index (χ0n) is 14.6. The van der Waals surface area contributed by atoms with Gasteiger partial charge in [0, 0.05) is 33.4 Å². The lowest BCUT2D eigenvalue weighted by Crippen LogP contribution is -2.15. The molecular formula is C21H15BrN4O2. The van der Waals surface area contributed by atoms with Crippen LogP contribution in [-0.2, 0) is 9.59 Å². The number of anilines is 3. The van der Waals surface area contributed by atoms with Gasteiger partial charge in [-0.2, -0.15) is 0 Å². The zero-order valence-corrected chi connectivity index (χ0v) is 16.2. The SMILES string of the molecule is O=C1C=CC(=O)C(CNc2ccc3ncnc(Nc4cccc(Br)c4)c3c2)=C1. The lowest BCUT2D eigenvalue weighted by molar-refractivity contribution is -0.114. The zero-order chi connectivity index (χ0) is 19.5. The van der Waals surface area contributed by atoms with Crippen LogP contribution >= 0.6 is 15.9 Å². The molecule has 0 unspecified atom stereocenters. The maximum atomic E-state index is 11.9. The highest BCUT2D eigenvalue weighted by atomic mass is 79.9. The molecule has 0 atom stereocenters. The van der Waals surface area contributed by atoms with Gasteiger partial charge in [-0.15, -0.1) is 0 Å². The van der Waals surface area contributed by atoms with E-state index in [9.17, 15) is 9.59 Å². The Morgan fingerprint density at radius 2 is 1.86 bits per heavy atom. The van der Waals surface area contributed by atoms with Crippen LogP contribution in [0.3, 0.4) is 0 Å². The number of hydrogen-bond acceptors (Lipinski definition) is 6. The third-order valence-corrected chi connectivity index (χ3v) is 4.73. The van der Waals surface area contributed by atoms with Crippen LogP contribution in [0.1, 0.15) is 0 Å². The summed E-state index contributed by atoms with van der Waals surface area (Å²) in [7, 11) is 0. The molecule has 0 fully saturated rings. The Kier molecular flexibility index (Phi) is 4.99. The van der Waals surface area contributed by atoms with Crippen molar-refractivity contribution in [2.75, 3.05) is 17.2 Å². The van der Waals surface area contributed by atoms with Crippen molar-refractivity contribution < 1.29 is 9.59 Å². The molecule has 0 aliphatic heterocycles. The summed E-state index contributed by atoms with van der Waals surface area (Å²) in [4.78, 5) is 32.0. The summed E-state index contributed by atoms with van der Waals surface area (Å²) < 4.78 is 0.965. The Morgan fingerprint density at radius 3 is 2.71 bits per heavy atom. The van der Waals surface area contributed by atoms with Gasteiger partial charge in [-0.25, -0.2) is 9.97 Å². The van der Waals surface area contributed by atoms with Crippen LogP contribution in [-0.4, -0.2) is 28.1 Å². The number of hydrogen-bond donors (Lipinski definition) is 2. The number of nitrogens with zero attached hydrogens (tertiary/aromatic N) is 2. The first-order valence-electron chi connectivity index (χ1n) is 8.57. The number of carbonyl (C=O) groups is 2. The third kappa shape index (κ3) is 3.99. The van der Waals surface area contributed by atoms with Crippen LogP contribution in [0.2, 0.25) is 0 Å². The van der Waals surface area contributed by atoms with Crippen molar-refractivity contribution >= 4 is 55.6 Å². The molecule has 0 amide bonds. The standard InChI is InChI=1S/C21H15BrN4O2/c22-14-2-1-3-16(9-14)26-21-18-10-15(4-6-19(18)24-12-25-21)23-11-13-8-17(27)5-7-20(13)28/h1-10,12,23H,11H2,(H,24,25,26). The molecule has 1 aromatic heterocycles. The van der Waals surface area contributed by atoms with E-state index in [0.29, 0.717) is 11.4 Å². The fourth-order valence-electron chi connectivity index (χ4n) is 2.86. The van der Waals surface area contributed by atoms with Gasteiger partial charge in [0.15, 0.2) is 11.6 Å². The van der Waals surface area contributed by atoms with Gasteiger partial charge in [-0.3, -0.25) is 9.59 Å². The summed E-state index contributed by atoms with van der Waals surface area (Å²) >= 11 is 3.46. The molecule has 2 aromatic carbocycles. The van der Waals surface area contributed by atoms with E-state index in [0.717, 1.165) is 26.8 Å². The van der Waals surface area contributed by atoms with Crippen LogP contribution in [0.15, 0.2) is 77.1 Å². The van der Waals surface area contributed by atoms with E-state index in [-0.39, 0.29) is 18.1 Å². The van der Waals surface area contributed by atoms with Crippen LogP contribution in [0.4, 0.5) is 17.2 Å². The fraction of sp³-hybridized carbons (Fsp3) is 0.0476. The predicted octanol–water partition coefficient (Wildman–Crippen LogP) is 4.18. The highest BCUT2D eigenvalue weighted by Crippen LogP contribution is 2.27. The molecular weight excluding hydrogens is 420 g/mol. The third-order valence-electron chi connectivity index (χ3n) is 4.24. The molecule has 28 heavy (non-hydrogen) atoms. The molecule has 4 rings (SSSR count). The molecule has 1 heterocycles. The molecule has 7 heteroatoms. The van der Waals surface area contributed by atoms with Crippen molar-refractivity contribution in [3.8, 4) is 0 Å². The fourth-order valence-corrected chi connectivity index (χ4v) is 3.26. The van der Waals surface area contributed by atoms with Gasteiger partial charge in [0.05, 0.1) is 5.52 Å². The van der Waals surface area contributed by atoms with E-state index < -0.39 is 0 Å². The van der Waals surface area contributed by atoms with Crippen LogP contribution in [0.25, 0.3) is 10.9 Å². The largest absolute Gasteiger partial charge is 0.381 e. The summed E-state index contributed by atoms with van der Waals surface area (Å²) in [6, 6.07) is 13.5. The molecule has 1 aliphatic rings. The van der Waals surface area contributed by atoms with Gasteiger partial charge >= 0.3 is 0 Å². The summed E-state index contributed by atoms with van der Waals surface area (Å²) in [6.07, 6.45) is 5.45. The lowest BCUT2D eigenvalue weighted by atomic mass is 10.0. The minimum absolute atomic E-state index is 0.159. The van der Waals surface area contributed by atoms with Crippen LogP contribution in [0.5, 0.6) is 0 Å². The van der Waals surface area contributed by atoms with Gasteiger partial charge < -0.3 is 10.6 Å². The first kappa shape index (κ1) is 18.1. The Bertz CT molecular complexity index is 1150. The number of halogens is 1. The summed E-state index contributed by atoms with van der Waals surface area (Å²) in [5, 5.41) is 7.34. The maximum Gasteiger partial charge on any atom is 0.183 e. The number of nitrogens with one attached hydrogen (secondary N) is 2. The minimum Gasteiger partial charge on any atom is -0.381 e. The van der Waals surface area contributed by atoms with E-state index >= 15 is 0 Å². The van der Waals surface area contributed by atoms with Gasteiger partial charge in [-0.05, 0) is 54.6 Å². The van der Waals surface area contributed by atoms with Crippen molar-refractivity contribution in [1.29, 1.82) is 0 Å². The van der Waals surface area contributed by atoms with Gasteiger partial charge in [0.25, 0.3) is 0 Å². The second-order valence-corrected chi connectivity index (χ2v) is 7.13. The molecule has 0 saturated heterocycles. The van der Waals surface area contributed by atoms with Crippen molar-refractivity contribution in [2.24, 2.45) is 0 Å². The van der Waals surface area contributed by atoms with Crippen LogP contribution < -0.4 is 10.6 Å². The second kappa shape index (κ2) is 7.74. The minimum atomic E-state index is -0.177. The Balaban J connectivity index is 1.59. The van der Waals surface area contributed by atoms with Crippen molar-refractivity contribution in [1.82, 2.24) is 9.97 Å². The molecule has 0 radical (unpaired) electrons. The van der Waals surface area contributed by atoms with E-state index in [4.69, 9.17) is 0 Å². The Labute approximate surface area is 169 Å². The second-order valence-electron chi connectivity index (χ2n) is 6.21. The van der Waals surface area contributed by atoms with E-state index in [1.807, 2.05) is 42.5 Å². The monoisotopic (exact) mass is 434 g/mol. The van der Waals surface area contributed by atoms with Crippen molar-refractivity contribution in [3.63, 3.8) is 0 Å². The predicted molar refractivity (Wildman–Crippen MR) is 113 cm³/mol. The quantitative estimate of drug-likeness (QED) is 0.585. The van der Waals surface area contributed by atoms with Gasteiger partial charge in [0.1, 0.15) is 12.1 Å². The number of carbonyl (C=O) groups excluding carboxylic acids is 2. The number of allylic oxidation sites excluding steroid dienone is 3. The molecule has 0 spiro atoms. The lowest BCUT2D eigenvalue weighted by Gasteiger charge is -2.12. The number of rotatable bonds is 5. The van der Waals surface area contributed by atoms with E-state index in [1.54, 1.807) is 0 Å². The van der Waals surface area contributed by atoms with Crippen LogP contribution in [0, 0.1) is 0 Å². The molecule has 138 valence electrons. The summed E-state index contributed by atoms with van der Waals surface area (Å²) in [5.41, 5.74) is 2.93. The van der Waals surface area contributed by atoms with Gasteiger partial charge in [-0.1, -0.05) is 22.0 Å². The molecule has 6 nitrogen and oxygen atoms in total. The molecule has 3 aromatic rings. The molecule has 2 N–H and O–H groups in total. The summed E-state index contributed by atoms with van der Waals surface area (Å²) in [5.74, 6) is 0.342. The highest BCUT2D eigenvalue weighted by molar-refractivity contribution is 9.10. The first-order chi connectivity index (χ1) is 13.6. The average molecular weight is 435 g/mol. The molecule has 1 aliphatic carbocycles. The van der Waals surface area contributed by atoms with E-state index in [2.05, 4.69) is 36.5 Å². The van der Waals surface area contributed by atoms with Gasteiger partial charge in [0.2, 0.25) is 0 Å². The number of aromatic nitrogens is 2. The number of ketones is 2. The van der Waals surface area contributed by atoms with Crippen molar-refractivity contribution in [3.05, 3.63) is 77.1 Å². The molecule has 0 bridgehead atoms. The summed E-state index contributed by atoms with van der Waals surface area (Å²) in [6.45, 7) is 0.266. The smallest absolute Gasteiger partial charge is 0.183 e. The average Bonchev–Trinajstić information content (AvgIpc) is 2.69. The topological polar surface area (TPSA) is 84.0 Å². The van der Waals surface area contributed by atoms with Crippen molar-refractivity contribution in [2.45, 2.75) is 0 Å². The molecule has 0 saturated carbocycles. The highest BCUT2D eigenvalue weighted by Gasteiger charge is 2.13. The Morgan fingerprint density at radius 1 is 0.964 bits per heavy atom. The first-order valence-corrected chi connectivity index (χ1v) is 9.36. The normalized spacial score (nSPS) is 13.5. The number of fused-ring (bicyclic) bond motifs is 1. The van der Waals surface area contributed by atoms with E-state index in [1.165, 1.54) is 24.6 Å². The number of benzene rings is 2. The maximum absolute atomic E-state index is 11.9. The Hall–Kier alpha value is -3.32.